The minimum atomic E-state index is 0.356. The third-order valence-electron chi connectivity index (χ3n) is 1.72. The first-order chi connectivity index (χ1) is 6.27. The van der Waals surface area contributed by atoms with Gasteiger partial charge in [0.25, 0.3) is 0 Å². The smallest absolute Gasteiger partial charge is 0.133 e. The summed E-state index contributed by atoms with van der Waals surface area (Å²) in [5, 5.41) is 0.929. The first kappa shape index (κ1) is 8.73. The Morgan fingerprint density at radius 3 is 2.77 bits per heavy atom. The molecule has 1 aliphatic rings. The van der Waals surface area contributed by atoms with Gasteiger partial charge in [-0.05, 0) is 12.1 Å². The summed E-state index contributed by atoms with van der Waals surface area (Å²) >= 11 is 11.7. The summed E-state index contributed by atoms with van der Waals surface area (Å²) in [6.45, 7) is 0.356. The molecular weight excluding hydrogens is 207 g/mol. The van der Waals surface area contributed by atoms with Gasteiger partial charge in [-0.25, -0.2) is 4.99 Å². The zero-order valence-electron chi connectivity index (χ0n) is 6.67. The standard InChI is InChI=1S/C9H6Cl2N2/c10-8-5-12-9(11)6-3-1-2-4-7(6)13-8/h1-4H,5H2. The third kappa shape index (κ3) is 1.74. The number of rotatable bonds is 0. The van der Waals surface area contributed by atoms with Crippen LogP contribution in [0.3, 0.4) is 0 Å². The average molecular weight is 213 g/mol. The molecule has 0 saturated carbocycles. The lowest BCUT2D eigenvalue weighted by Gasteiger charge is -1.99. The van der Waals surface area contributed by atoms with E-state index in [-0.39, 0.29) is 0 Å². The molecule has 1 aromatic rings. The summed E-state index contributed by atoms with van der Waals surface area (Å²) in [6.07, 6.45) is 0. The van der Waals surface area contributed by atoms with Crippen LogP contribution >= 0.6 is 23.2 Å². The number of fused-ring (bicyclic) bond motifs is 1. The minimum absolute atomic E-state index is 0.356. The van der Waals surface area contributed by atoms with Crippen LogP contribution in [0.15, 0.2) is 34.3 Å². The SMILES string of the molecule is ClC1=Nc2ccccc2C(Cl)=NC1. The summed E-state index contributed by atoms with van der Waals surface area (Å²) in [5.41, 5.74) is 1.61. The van der Waals surface area contributed by atoms with Crippen LogP contribution in [0, 0.1) is 0 Å². The highest BCUT2D eigenvalue weighted by Gasteiger charge is 2.10. The van der Waals surface area contributed by atoms with Crippen LogP contribution in [0.5, 0.6) is 0 Å². The van der Waals surface area contributed by atoms with Crippen LogP contribution in [-0.2, 0) is 0 Å². The van der Waals surface area contributed by atoms with Crippen molar-refractivity contribution in [2.24, 2.45) is 9.98 Å². The highest BCUT2D eigenvalue weighted by atomic mass is 35.5. The molecule has 4 heteroatoms. The predicted octanol–water partition coefficient (Wildman–Crippen LogP) is 2.95. The fourth-order valence-corrected chi connectivity index (χ4v) is 1.50. The zero-order chi connectivity index (χ0) is 9.26. The van der Waals surface area contributed by atoms with Crippen LogP contribution in [0.4, 0.5) is 5.69 Å². The Hall–Kier alpha value is -0.860. The van der Waals surface area contributed by atoms with Crippen molar-refractivity contribution in [3.8, 4) is 0 Å². The molecule has 0 fully saturated rings. The second-order valence-corrected chi connectivity index (χ2v) is 3.41. The summed E-state index contributed by atoms with van der Waals surface area (Å²) in [7, 11) is 0. The Balaban J connectivity index is 2.63. The van der Waals surface area contributed by atoms with E-state index in [0.29, 0.717) is 16.9 Å². The van der Waals surface area contributed by atoms with Crippen LogP contribution in [-0.4, -0.2) is 16.9 Å². The van der Waals surface area contributed by atoms with E-state index in [1.54, 1.807) is 0 Å². The Morgan fingerprint density at radius 1 is 1.15 bits per heavy atom. The van der Waals surface area contributed by atoms with Gasteiger partial charge in [-0.2, -0.15) is 0 Å². The lowest BCUT2D eigenvalue weighted by atomic mass is 10.2. The number of nitrogens with zero attached hydrogens (tertiary/aromatic N) is 2. The molecule has 1 heterocycles. The molecule has 1 aliphatic heterocycles. The number of para-hydroxylation sites is 1. The molecule has 0 aromatic heterocycles. The summed E-state index contributed by atoms with van der Waals surface area (Å²) in [5.74, 6) is 0. The molecule has 0 N–H and O–H groups in total. The number of hydrogen-bond acceptors (Lipinski definition) is 2. The molecule has 2 nitrogen and oxygen atoms in total. The normalized spacial score (nSPS) is 15.5. The Bertz CT molecular complexity index is 396. The van der Waals surface area contributed by atoms with E-state index < -0.39 is 0 Å². The van der Waals surface area contributed by atoms with Crippen LogP contribution < -0.4 is 0 Å². The number of halogens is 2. The maximum Gasteiger partial charge on any atom is 0.133 e. The Morgan fingerprint density at radius 2 is 1.92 bits per heavy atom. The summed E-state index contributed by atoms with van der Waals surface area (Å²) < 4.78 is 0. The molecule has 0 amide bonds. The number of aliphatic imine (C=N–C) groups is 2. The van der Waals surface area contributed by atoms with Gasteiger partial charge in [-0.1, -0.05) is 35.3 Å². The van der Waals surface area contributed by atoms with Gasteiger partial charge in [0.2, 0.25) is 0 Å². The molecular formula is C9H6Cl2N2. The lowest BCUT2D eigenvalue weighted by molar-refractivity contribution is 1.33. The lowest BCUT2D eigenvalue weighted by Crippen LogP contribution is -1.92. The zero-order valence-corrected chi connectivity index (χ0v) is 8.18. The van der Waals surface area contributed by atoms with Crippen molar-refractivity contribution in [2.45, 2.75) is 0 Å². The monoisotopic (exact) mass is 212 g/mol. The van der Waals surface area contributed by atoms with Gasteiger partial charge >= 0.3 is 0 Å². The molecule has 0 bridgehead atoms. The van der Waals surface area contributed by atoms with E-state index in [9.17, 15) is 0 Å². The van der Waals surface area contributed by atoms with Crippen molar-refractivity contribution in [2.75, 3.05) is 6.54 Å². The van der Waals surface area contributed by atoms with Crippen LogP contribution in [0.2, 0.25) is 0 Å². The van der Waals surface area contributed by atoms with Crippen molar-refractivity contribution >= 4 is 39.2 Å². The van der Waals surface area contributed by atoms with E-state index in [4.69, 9.17) is 23.2 Å². The highest BCUT2D eigenvalue weighted by Crippen LogP contribution is 2.23. The molecule has 0 spiro atoms. The van der Waals surface area contributed by atoms with E-state index >= 15 is 0 Å². The predicted molar refractivity (Wildman–Crippen MR) is 56.6 cm³/mol. The first-order valence-corrected chi connectivity index (χ1v) is 4.55. The van der Waals surface area contributed by atoms with Crippen molar-refractivity contribution in [3.05, 3.63) is 29.8 Å². The maximum atomic E-state index is 5.93. The van der Waals surface area contributed by atoms with Gasteiger partial charge in [0.15, 0.2) is 0 Å². The van der Waals surface area contributed by atoms with Gasteiger partial charge in [0.1, 0.15) is 10.3 Å². The molecule has 66 valence electrons. The molecule has 13 heavy (non-hydrogen) atoms. The van der Waals surface area contributed by atoms with Gasteiger partial charge in [-0.3, -0.25) is 4.99 Å². The van der Waals surface area contributed by atoms with E-state index in [1.165, 1.54) is 0 Å². The molecule has 1 aromatic carbocycles. The first-order valence-electron chi connectivity index (χ1n) is 3.80. The second kappa shape index (κ2) is 3.48. The van der Waals surface area contributed by atoms with E-state index in [2.05, 4.69) is 9.98 Å². The fourth-order valence-electron chi connectivity index (χ4n) is 1.13. The maximum absolute atomic E-state index is 5.93. The Kier molecular flexibility index (Phi) is 2.34. The quantitative estimate of drug-likeness (QED) is 0.632. The fraction of sp³-hybridized carbons (Fsp3) is 0.111. The van der Waals surface area contributed by atoms with Crippen LogP contribution in [0.1, 0.15) is 5.56 Å². The molecule has 0 unspecified atom stereocenters. The van der Waals surface area contributed by atoms with Crippen molar-refractivity contribution in [1.29, 1.82) is 0 Å². The van der Waals surface area contributed by atoms with Gasteiger partial charge in [0, 0.05) is 5.56 Å². The van der Waals surface area contributed by atoms with Crippen molar-refractivity contribution < 1.29 is 0 Å². The van der Waals surface area contributed by atoms with Crippen molar-refractivity contribution in [1.82, 2.24) is 0 Å². The topological polar surface area (TPSA) is 24.7 Å². The van der Waals surface area contributed by atoms with Crippen LogP contribution in [0.25, 0.3) is 0 Å². The molecule has 0 aliphatic carbocycles. The van der Waals surface area contributed by atoms with E-state index in [0.717, 1.165) is 11.3 Å². The molecule has 2 rings (SSSR count). The molecule has 0 radical (unpaired) electrons. The van der Waals surface area contributed by atoms with Crippen molar-refractivity contribution in [3.63, 3.8) is 0 Å². The highest BCUT2D eigenvalue weighted by molar-refractivity contribution is 6.71. The largest absolute Gasteiger partial charge is 0.265 e. The minimum Gasteiger partial charge on any atom is -0.265 e. The van der Waals surface area contributed by atoms with E-state index in [1.807, 2.05) is 24.3 Å². The third-order valence-corrected chi connectivity index (χ3v) is 2.24. The van der Waals surface area contributed by atoms with Gasteiger partial charge < -0.3 is 0 Å². The van der Waals surface area contributed by atoms with Gasteiger partial charge in [-0.15, -0.1) is 0 Å². The summed E-state index contributed by atoms with van der Waals surface area (Å²) in [6, 6.07) is 7.52. The number of benzene rings is 1. The number of hydrogen-bond donors (Lipinski definition) is 0. The average Bonchev–Trinajstić information content (AvgIpc) is 2.27. The molecule has 0 atom stereocenters. The summed E-state index contributed by atoms with van der Waals surface area (Å²) in [4.78, 5) is 8.24. The second-order valence-electron chi connectivity index (χ2n) is 2.61. The molecule has 0 saturated heterocycles. The Labute approximate surface area is 85.9 Å². The van der Waals surface area contributed by atoms with Gasteiger partial charge in [0.05, 0.1) is 12.2 Å².